The van der Waals surface area contributed by atoms with Crippen LogP contribution >= 0.6 is 0 Å². The van der Waals surface area contributed by atoms with Crippen molar-refractivity contribution in [1.82, 2.24) is 4.57 Å². The van der Waals surface area contributed by atoms with Crippen molar-refractivity contribution in [2.45, 2.75) is 52.2 Å². The lowest BCUT2D eigenvalue weighted by Gasteiger charge is -2.55. The van der Waals surface area contributed by atoms with Gasteiger partial charge in [-0.2, -0.15) is 0 Å². The highest BCUT2D eigenvalue weighted by Gasteiger charge is 2.55. The summed E-state index contributed by atoms with van der Waals surface area (Å²) < 4.78 is 25.8. The summed E-state index contributed by atoms with van der Waals surface area (Å²) in [6.07, 6.45) is -0.169. The molecule has 1 saturated heterocycles. The molecule has 1 heterocycles. The zero-order valence-corrected chi connectivity index (χ0v) is 13.6. The number of ether oxygens (including phenoxy) is 2. The molecule has 1 amide bonds. The Kier molecular flexibility index (Phi) is 5.95. The predicted molar refractivity (Wildman–Crippen MR) is 75.1 cm³/mol. The van der Waals surface area contributed by atoms with Crippen molar-refractivity contribution in [3.8, 4) is 0 Å². The van der Waals surface area contributed by atoms with Crippen LogP contribution in [0.1, 0.15) is 20.3 Å². The van der Waals surface area contributed by atoms with Crippen LogP contribution in [-0.4, -0.2) is 50.9 Å². The van der Waals surface area contributed by atoms with Gasteiger partial charge in [0, 0.05) is 13.2 Å². The molecule has 0 bridgehead atoms. The van der Waals surface area contributed by atoms with Gasteiger partial charge >= 0.3 is 0 Å². The Labute approximate surface area is 116 Å². The van der Waals surface area contributed by atoms with Gasteiger partial charge in [-0.05, 0) is 20.3 Å². The van der Waals surface area contributed by atoms with Crippen LogP contribution < -0.4 is 0 Å². The van der Waals surface area contributed by atoms with Gasteiger partial charge in [0.1, 0.15) is 0 Å². The Morgan fingerprint density at radius 1 is 1.26 bits per heavy atom. The van der Waals surface area contributed by atoms with Crippen LogP contribution in [0.2, 0.25) is 19.6 Å². The number of carbonyl (C=O) groups is 1. The van der Waals surface area contributed by atoms with Crippen molar-refractivity contribution in [3.05, 3.63) is 0 Å². The number of hydrogen-bond donors (Lipinski definition) is 0. The molecular weight excluding hydrogens is 265 g/mol. The van der Waals surface area contributed by atoms with Gasteiger partial charge in [0.25, 0.3) is 0 Å². The van der Waals surface area contributed by atoms with Gasteiger partial charge in [-0.25, -0.2) is 0 Å². The van der Waals surface area contributed by atoms with E-state index in [0.717, 1.165) is 0 Å². The average Bonchev–Trinajstić information content (AvgIpc) is 2.30. The standard InChI is InChI=1S/C13H26FNO3Si/c1-6-17-13(18-7-2)11-10(8-9-14)12(16)15(11)19(3,4)5/h10-11,13H,6-9H2,1-5H3/t10-,11+/m1/s1. The van der Waals surface area contributed by atoms with E-state index in [1.807, 2.05) is 18.4 Å². The normalized spacial score (nSPS) is 23.9. The fourth-order valence-electron chi connectivity index (χ4n) is 2.64. The smallest absolute Gasteiger partial charge is 0.220 e. The third-order valence-corrected chi connectivity index (χ3v) is 5.31. The molecule has 1 rings (SSSR count). The van der Waals surface area contributed by atoms with Crippen molar-refractivity contribution >= 4 is 14.1 Å². The van der Waals surface area contributed by atoms with Crippen LogP contribution in [0.15, 0.2) is 0 Å². The second-order valence-electron chi connectivity index (χ2n) is 5.73. The molecule has 112 valence electrons. The molecule has 6 heteroatoms. The number of amides is 1. The highest BCUT2D eigenvalue weighted by molar-refractivity contribution is 6.76. The van der Waals surface area contributed by atoms with Crippen molar-refractivity contribution < 1.29 is 18.7 Å². The first-order chi connectivity index (χ1) is 8.88. The minimum atomic E-state index is -1.79. The van der Waals surface area contributed by atoms with Gasteiger partial charge in [-0.1, -0.05) is 19.6 Å². The van der Waals surface area contributed by atoms with Gasteiger partial charge in [-0.15, -0.1) is 0 Å². The van der Waals surface area contributed by atoms with Crippen LogP contribution in [-0.2, 0) is 14.3 Å². The molecule has 0 aliphatic carbocycles. The largest absolute Gasteiger partial charge is 0.361 e. The van der Waals surface area contributed by atoms with Crippen LogP contribution in [0.5, 0.6) is 0 Å². The van der Waals surface area contributed by atoms with E-state index in [1.165, 1.54) is 0 Å². The van der Waals surface area contributed by atoms with E-state index >= 15 is 0 Å². The molecule has 0 aromatic heterocycles. The molecule has 0 aromatic rings. The first-order valence-electron chi connectivity index (χ1n) is 7.00. The molecule has 1 aliphatic heterocycles. The van der Waals surface area contributed by atoms with E-state index < -0.39 is 21.2 Å². The topological polar surface area (TPSA) is 38.8 Å². The first-order valence-corrected chi connectivity index (χ1v) is 10.5. The van der Waals surface area contributed by atoms with Gasteiger partial charge in [-0.3, -0.25) is 9.18 Å². The van der Waals surface area contributed by atoms with Crippen molar-refractivity contribution in [1.29, 1.82) is 0 Å². The predicted octanol–water partition coefficient (Wildman–Crippen LogP) is 2.41. The van der Waals surface area contributed by atoms with Gasteiger partial charge < -0.3 is 14.0 Å². The molecule has 1 fully saturated rings. The van der Waals surface area contributed by atoms with E-state index in [0.29, 0.717) is 13.2 Å². The Morgan fingerprint density at radius 2 is 1.79 bits per heavy atom. The van der Waals surface area contributed by atoms with Crippen LogP contribution in [0.3, 0.4) is 0 Å². The molecule has 2 atom stereocenters. The second kappa shape index (κ2) is 6.81. The van der Waals surface area contributed by atoms with Gasteiger partial charge in [0.2, 0.25) is 5.91 Å². The highest BCUT2D eigenvalue weighted by atomic mass is 28.3. The Morgan fingerprint density at radius 3 is 2.16 bits per heavy atom. The molecule has 0 saturated carbocycles. The number of carbonyl (C=O) groups excluding carboxylic acids is 1. The number of nitrogens with zero attached hydrogens (tertiary/aromatic N) is 1. The molecule has 1 aliphatic rings. The maximum absolute atomic E-state index is 12.6. The molecule has 0 aromatic carbocycles. The number of hydrogen-bond acceptors (Lipinski definition) is 3. The fraction of sp³-hybridized carbons (Fsp3) is 0.923. The summed E-state index contributed by atoms with van der Waals surface area (Å²) in [5.74, 6) is -0.231. The molecule has 0 radical (unpaired) electrons. The monoisotopic (exact) mass is 291 g/mol. The van der Waals surface area contributed by atoms with Crippen molar-refractivity contribution in [2.75, 3.05) is 19.9 Å². The summed E-state index contributed by atoms with van der Waals surface area (Å²) in [4.78, 5) is 12.2. The zero-order chi connectivity index (χ0) is 14.6. The minimum absolute atomic E-state index is 0.0613. The summed E-state index contributed by atoms with van der Waals surface area (Å²) in [6, 6.07) is -0.130. The average molecular weight is 291 g/mol. The van der Waals surface area contributed by atoms with Crippen molar-refractivity contribution in [3.63, 3.8) is 0 Å². The summed E-state index contributed by atoms with van der Waals surface area (Å²) >= 11 is 0. The summed E-state index contributed by atoms with van der Waals surface area (Å²) in [5.41, 5.74) is 0. The quantitative estimate of drug-likeness (QED) is 0.391. The molecular formula is C13H26FNO3Si. The SMILES string of the molecule is CCOC(OCC)[C@@H]1[C@@H](CCF)C(=O)N1[Si](C)(C)C. The molecule has 0 unspecified atom stereocenters. The summed E-state index contributed by atoms with van der Waals surface area (Å²) in [5, 5.41) is 0. The van der Waals surface area contributed by atoms with Gasteiger partial charge in [0.05, 0.1) is 18.6 Å². The second-order valence-corrected chi connectivity index (χ2v) is 10.6. The number of alkyl halides is 1. The third kappa shape index (κ3) is 3.55. The van der Waals surface area contributed by atoms with Crippen molar-refractivity contribution in [2.24, 2.45) is 5.92 Å². The molecule has 19 heavy (non-hydrogen) atoms. The zero-order valence-electron chi connectivity index (χ0n) is 12.6. The van der Waals surface area contributed by atoms with E-state index in [1.54, 1.807) is 0 Å². The highest BCUT2D eigenvalue weighted by Crippen LogP contribution is 2.37. The summed E-state index contributed by atoms with van der Waals surface area (Å²) in [6.45, 7) is 10.7. The number of rotatable bonds is 8. The lowest BCUT2D eigenvalue weighted by atomic mass is 9.87. The number of β-lactam (4-membered cyclic amide) rings is 1. The Bertz CT molecular complexity index is 303. The van der Waals surface area contributed by atoms with Crippen LogP contribution in [0, 0.1) is 5.92 Å². The first kappa shape index (κ1) is 16.6. The summed E-state index contributed by atoms with van der Waals surface area (Å²) in [7, 11) is -1.79. The molecule has 0 spiro atoms. The lowest BCUT2D eigenvalue weighted by Crippen LogP contribution is -2.73. The maximum Gasteiger partial charge on any atom is 0.220 e. The maximum atomic E-state index is 12.6. The fourth-order valence-corrected chi connectivity index (χ4v) is 4.67. The molecule has 0 N–H and O–H groups in total. The number of halogens is 1. The van der Waals surface area contributed by atoms with Crippen LogP contribution in [0.25, 0.3) is 0 Å². The van der Waals surface area contributed by atoms with E-state index in [2.05, 4.69) is 19.6 Å². The molecule has 4 nitrogen and oxygen atoms in total. The Balaban J connectivity index is 2.90. The minimum Gasteiger partial charge on any atom is -0.361 e. The van der Waals surface area contributed by atoms with Crippen LogP contribution in [0.4, 0.5) is 4.39 Å². The van der Waals surface area contributed by atoms with E-state index in [-0.39, 0.29) is 24.3 Å². The third-order valence-electron chi connectivity index (χ3n) is 3.35. The van der Waals surface area contributed by atoms with E-state index in [9.17, 15) is 9.18 Å². The Hall–Kier alpha value is -0.463. The van der Waals surface area contributed by atoms with E-state index in [4.69, 9.17) is 9.47 Å². The van der Waals surface area contributed by atoms with Gasteiger partial charge in [0.15, 0.2) is 14.5 Å². The lowest BCUT2D eigenvalue weighted by molar-refractivity contribution is -0.205.